The molecule has 2 aliphatic heterocycles. The van der Waals surface area contributed by atoms with Gasteiger partial charge in [-0.2, -0.15) is 18.3 Å². The van der Waals surface area contributed by atoms with Crippen LogP contribution in [0.15, 0.2) is 53.6 Å². The summed E-state index contributed by atoms with van der Waals surface area (Å²) in [4.78, 5) is 2.40. The molecule has 0 saturated carbocycles. The predicted octanol–water partition coefficient (Wildman–Crippen LogP) is 6.20. The number of halogens is 3. The summed E-state index contributed by atoms with van der Waals surface area (Å²) in [5.41, 5.74) is 2.51. The monoisotopic (exact) mass is 445 g/mol. The van der Waals surface area contributed by atoms with Crippen LogP contribution in [-0.4, -0.2) is 37.1 Å². The molecule has 172 valence electrons. The van der Waals surface area contributed by atoms with Gasteiger partial charge in [-0.1, -0.05) is 32.0 Å². The number of hydrazone groups is 1. The summed E-state index contributed by atoms with van der Waals surface area (Å²) in [6, 6.07) is 15.4. The molecule has 4 nitrogen and oxygen atoms in total. The van der Waals surface area contributed by atoms with E-state index < -0.39 is 17.8 Å². The molecule has 0 aromatic heterocycles. The molecule has 2 aromatic carbocycles. The maximum Gasteiger partial charge on any atom is 0.431 e. The van der Waals surface area contributed by atoms with Gasteiger partial charge in [0, 0.05) is 37.5 Å². The van der Waals surface area contributed by atoms with Gasteiger partial charge in [0.2, 0.25) is 0 Å². The van der Waals surface area contributed by atoms with Crippen LogP contribution < -0.4 is 14.6 Å². The molecule has 4 rings (SSSR count). The Kier molecular flexibility index (Phi) is 6.35. The fourth-order valence-electron chi connectivity index (χ4n) is 4.77. The number of hydrogen-bond acceptors (Lipinski definition) is 4. The molecule has 2 aromatic rings. The first-order valence-electron chi connectivity index (χ1n) is 11.3. The number of hydrogen-bond donors (Lipinski definition) is 0. The Morgan fingerprint density at radius 1 is 1.03 bits per heavy atom. The number of piperidine rings is 1. The molecule has 2 atom stereocenters. The van der Waals surface area contributed by atoms with Gasteiger partial charge < -0.3 is 9.64 Å². The molecule has 0 radical (unpaired) electrons. The van der Waals surface area contributed by atoms with Crippen LogP contribution in [0.1, 0.15) is 38.7 Å². The zero-order valence-corrected chi connectivity index (χ0v) is 18.8. The molecule has 7 heteroatoms. The number of ether oxygens (including phenoxy) is 1. The molecule has 0 aliphatic carbocycles. The van der Waals surface area contributed by atoms with Gasteiger partial charge in [0.1, 0.15) is 17.6 Å². The van der Waals surface area contributed by atoms with Crippen LogP contribution in [0.25, 0.3) is 0 Å². The van der Waals surface area contributed by atoms with Crippen molar-refractivity contribution in [2.24, 2.45) is 11.0 Å². The maximum atomic E-state index is 13.3. The van der Waals surface area contributed by atoms with E-state index in [9.17, 15) is 13.2 Å². The first kappa shape index (κ1) is 22.5. The molecule has 32 heavy (non-hydrogen) atoms. The van der Waals surface area contributed by atoms with Gasteiger partial charge in [-0.15, -0.1) is 0 Å². The average Bonchev–Trinajstić information content (AvgIpc) is 3.12. The van der Waals surface area contributed by atoms with Crippen LogP contribution in [0.5, 0.6) is 5.75 Å². The van der Waals surface area contributed by atoms with Crippen molar-refractivity contribution in [2.45, 2.75) is 58.4 Å². The highest BCUT2D eigenvalue weighted by Crippen LogP contribution is 2.36. The quantitative estimate of drug-likeness (QED) is 0.549. The van der Waals surface area contributed by atoms with Gasteiger partial charge in [-0.05, 0) is 49.2 Å². The summed E-state index contributed by atoms with van der Waals surface area (Å²) in [6.07, 6.45) is -1.83. The third kappa shape index (κ3) is 4.57. The van der Waals surface area contributed by atoms with E-state index in [0.717, 1.165) is 31.7 Å². The molecule has 0 amide bonds. The molecular formula is C25H30F3N3O. The van der Waals surface area contributed by atoms with Crippen molar-refractivity contribution in [3.8, 4) is 5.75 Å². The second-order valence-electron chi connectivity index (χ2n) is 8.68. The lowest BCUT2D eigenvalue weighted by molar-refractivity contribution is -0.0620. The van der Waals surface area contributed by atoms with E-state index in [0.29, 0.717) is 12.1 Å². The van der Waals surface area contributed by atoms with Crippen molar-refractivity contribution in [3.63, 3.8) is 0 Å². The molecule has 1 unspecified atom stereocenters. The molecule has 0 spiro atoms. The molecule has 0 bridgehead atoms. The number of nitrogens with zero attached hydrogens (tertiary/aromatic N) is 3. The summed E-state index contributed by atoms with van der Waals surface area (Å²) in [6.45, 7) is 7.50. The topological polar surface area (TPSA) is 28.1 Å². The summed E-state index contributed by atoms with van der Waals surface area (Å²) in [7, 11) is 0. The van der Waals surface area contributed by atoms with E-state index >= 15 is 0 Å². The van der Waals surface area contributed by atoms with Gasteiger partial charge in [0.05, 0.1) is 11.7 Å². The Morgan fingerprint density at radius 2 is 1.69 bits per heavy atom. The zero-order valence-electron chi connectivity index (χ0n) is 18.8. The Bertz CT molecular complexity index is 950. The lowest BCUT2D eigenvalue weighted by atomic mass is 9.95. The highest BCUT2D eigenvalue weighted by molar-refractivity contribution is 5.95. The first-order valence-corrected chi connectivity index (χ1v) is 11.3. The Labute approximate surface area is 187 Å². The van der Waals surface area contributed by atoms with E-state index in [4.69, 9.17) is 4.74 Å². The normalized spacial score (nSPS) is 22.2. The Morgan fingerprint density at radius 3 is 2.28 bits per heavy atom. The van der Waals surface area contributed by atoms with Crippen LogP contribution in [0.4, 0.5) is 24.5 Å². The minimum atomic E-state index is -4.40. The molecule has 2 aliphatic rings. The third-order valence-corrected chi connectivity index (χ3v) is 6.55. The second kappa shape index (κ2) is 9.04. The third-order valence-electron chi connectivity index (χ3n) is 6.55. The molecule has 1 saturated heterocycles. The van der Waals surface area contributed by atoms with Crippen LogP contribution in [0, 0.1) is 12.8 Å². The first-order chi connectivity index (χ1) is 15.3. The second-order valence-corrected chi connectivity index (χ2v) is 8.68. The summed E-state index contributed by atoms with van der Waals surface area (Å²) in [5, 5.41) is 5.44. The van der Waals surface area contributed by atoms with Crippen molar-refractivity contribution in [3.05, 3.63) is 54.1 Å². The number of anilines is 2. The zero-order chi connectivity index (χ0) is 22.9. The van der Waals surface area contributed by atoms with Crippen molar-refractivity contribution in [1.29, 1.82) is 0 Å². The SMILES string of the molecule is CC[C@H]1C(C)C(C(F)(F)F)=NN1c1ccc(OC2CCN(c3ccccc3C)CC2)cc1. The summed E-state index contributed by atoms with van der Waals surface area (Å²) >= 11 is 0. The fraction of sp³-hybridized carbons (Fsp3) is 0.480. The molecule has 0 N–H and O–H groups in total. The summed E-state index contributed by atoms with van der Waals surface area (Å²) in [5.74, 6) is 0.0813. The molecular weight excluding hydrogens is 415 g/mol. The Hall–Kier alpha value is -2.70. The maximum absolute atomic E-state index is 13.3. The number of para-hydroxylation sites is 1. The van der Waals surface area contributed by atoms with E-state index in [1.165, 1.54) is 16.3 Å². The lowest BCUT2D eigenvalue weighted by Crippen LogP contribution is -2.38. The number of aryl methyl sites for hydroxylation is 1. The van der Waals surface area contributed by atoms with E-state index in [2.05, 4.69) is 41.2 Å². The average molecular weight is 446 g/mol. The van der Waals surface area contributed by atoms with Crippen LogP contribution in [-0.2, 0) is 0 Å². The van der Waals surface area contributed by atoms with Crippen LogP contribution in [0.3, 0.4) is 0 Å². The predicted molar refractivity (Wildman–Crippen MR) is 123 cm³/mol. The van der Waals surface area contributed by atoms with Crippen molar-refractivity contribution in [1.82, 2.24) is 0 Å². The fourth-order valence-corrected chi connectivity index (χ4v) is 4.77. The minimum Gasteiger partial charge on any atom is -0.490 e. The van der Waals surface area contributed by atoms with Gasteiger partial charge in [0.25, 0.3) is 0 Å². The highest BCUT2D eigenvalue weighted by Gasteiger charge is 2.47. The smallest absolute Gasteiger partial charge is 0.431 e. The standard InChI is InChI=1S/C25H30F3N3O/c1-4-22-18(3)24(25(26,27)28)29-31(22)19-9-11-20(12-10-19)32-21-13-15-30(16-14-21)23-8-6-5-7-17(23)2/h5-12,18,21-22H,4,13-16H2,1-3H3/t18?,22-/m0/s1. The van der Waals surface area contributed by atoms with E-state index in [1.807, 2.05) is 19.1 Å². The number of alkyl halides is 3. The van der Waals surface area contributed by atoms with E-state index in [1.54, 1.807) is 19.1 Å². The number of benzene rings is 2. The van der Waals surface area contributed by atoms with Gasteiger partial charge in [-0.3, -0.25) is 5.01 Å². The highest BCUT2D eigenvalue weighted by atomic mass is 19.4. The van der Waals surface area contributed by atoms with Crippen LogP contribution in [0.2, 0.25) is 0 Å². The van der Waals surface area contributed by atoms with Crippen molar-refractivity contribution in [2.75, 3.05) is 23.0 Å². The van der Waals surface area contributed by atoms with Gasteiger partial charge >= 0.3 is 6.18 Å². The number of rotatable bonds is 5. The largest absolute Gasteiger partial charge is 0.490 e. The van der Waals surface area contributed by atoms with Crippen LogP contribution >= 0.6 is 0 Å². The lowest BCUT2D eigenvalue weighted by Gasteiger charge is -2.34. The van der Waals surface area contributed by atoms with Crippen molar-refractivity contribution >= 4 is 17.1 Å². The Balaban J connectivity index is 1.38. The summed E-state index contributed by atoms with van der Waals surface area (Å²) < 4.78 is 46.1. The molecule has 1 fully saturated rings. The van der Waals surface area contributed by atoms with Gasteiger partial charge in [0.15, 0.2) is 0 Å². The molecule has 2 heterocycles. The minimum absolute atomic E-state index is 0.131. The van der Waals surface area contributed by atoms with E-state index in [-0.39, 0.29) is 12.1 Å². The van der Waals surface area contributed by atoms with Gasteiger partial charge in [-0.25, -0.2) is 0 Å². The van der Waals surface area contributed by atoms with Crippen molar-refractivity contribution < 1.29 is 17.9 Å².